The fourth-order valence-corrected chi connectivity index (χ4v) is 3.70. The molecule has 148 valence electrons. The molecule has 0 radical (unpaired) electrons. The molecule has 8 nitrogen and oxygen atoms in total. The van der Waals surface area contributed by atoms with Gasteiger partial charge in [-0.1, -0.05) is 29.8 Å². The fraction of sp³-hybridized carbons (Fsp3) is 0.368. The third kappa shape index (κ3) is 4.07. The average molecular weight is 405 g/mol. The van der Waals surface area contributed by atoms with Gasteiger partial charge in [0.15, 0.2) is 0 Å². The Balaban J connectivity index is 1.77. The summed E-state index contributed by atoms with van der Waals surface area (Å²) in [6.07, 6.45) is 1.27. The van der Waals surface area contributed by atoms with E-state index in [1.54, 1.807) is 6.07 Å². The van der Waals surface area contributed by atoms with Crippen molar-refractivity contribution >= 4 is 29.1 Å². The number of pyridine rings is 1. The Morgan fingerprint density at radius 1 is 1.29 bits per heavy atom. The summed E-state index contributed by atoms with van der Waals surface area (Å²) in [7, 11) is 1.37. The Labute approximate surface area is 167 Å². The summed E-state index contributed by atoms with van der Waals surface area (Å²) in [5, 5.41) is 11.4. The molecule has 0 spiro atoms. The molecule has 0 bridgehead atoms. The van der Waals surface area contributed by atoms with Crippen molar-refractivity contribution < 1.29 is 14.5 Å². The van der Waals surface area contributed by atoms with Crippen LogP contribution in [0.3, 0.4) is 0 Å². The van der Waals surface area contributed by atoms with Crippen molar-refractivity contribution in [2.24, 2.45) is 0 Å². The van der Waals surface area contributed by atoms with Gasteiger partial charge < -0.3 is 9.64 Å². The van der Waals surface area contributed by atoms with Gasteiger partial charge in [0.1, 0.15) is 18.1 Å². The molecule has 1 saturated heterocycles. The topological polar surface area (TPSA) is 88.8 Å². The molecule has 2 aromatic rings. The number of ether oxygens (including phenoxy) is 1. The van der Waals surface area contributed by atoms with Crippen molar-refractivity contribution in [1.82, 2.24) is 9.88 Å². The SMILES string of the molecule is COC(=O)C(c1ccccc1Cl)N1CCN(c2ncc([N+](=O)[O-])cc2C)CC1. The molecule has 1 aliphatic heterocycles. The van der Waals surface area contributed by atoms with E-state index in [-0.39, 0.29) is 11.7 Å². The first-order valence-corrected chi connectivity index (χ1v) is 9.22. The molecule has 0 saturated carbocycles. The van der Waals surface area contributed by atoms with Crippen LogP contribution < -0.4 is 4.90 Å². The van der Waals surface area contributed by atoms with E-state index in [1.807, 2.05) is 30.0 Å². The lowest BCUT2D eigenvalue weighted by Gasteiger charge is -2.39. The highest BCUT2D eigenvalue weighted by atomic mass is 35.5. The van der Waals surface area contributed by atoms with Crippen LogP contribution in [0.25, 0.3) is 0 Å². The van der Waals surface area contributed by atoms with Crippen molar-refractivity contribution in [2.45, 2.75) is 13.0 Å². The van der Waals surface area contributed by atoms with Crippen LogP contribution in [0.15, 0.2) is 36.5 Å². The monoisotopic (exact) mass is 404 g/mol. The predicted molar refractivity (Wildman–Crippen MR) is 106 cm³/mol. The minimum atomic E-state index is -0.577. The first-order valence-electron chi connectivity index (χ1n) is 8.84. The molecular weight excluding hydrogens is 384 g/mol. The first kappa shape index (κ1) is 20.0. The zero-order valence-corrected chi connectivity index (χ0v) is 16.4. The van der Waals surface area contributed by atoms with E-state index in [0.717, 1.165) is 11.4 Å². The second-order valence-electron chi connectivity index (χ2n) is 6.56. The van der Waals surface area contributed by atoms with Crippen LogP contribution in [0.2, 0.25) is 5.02 Å². The molecule has 1 aromatic heterocycles. The van der Waals surface area contributed by atoms with Gasteiger partial charge in [0, 0.05) is 37.3 Å². The van der Waals surface area contributed by atoms with Gasteiger partial charge in [0.25, 0.3) is 5.69 Å². The van der Waals surface area contributed by atoms with Crippen LogP contribution in [-0.2, 0) is 9.53 Å². The summed E-state index contributed by atoms with van der Waals surface area (Å²) in [6.45, 7) is 4.27. The minimum absolute atomic E-state index is 0.0237. The van der Waals surface area contributed by atoms with Gasteiger partial charge in [0.2, 0.25) is 0 Å². The number of aromatic nitrogens is 1. The van der Waals surface area contributed by atoms with Crippen LogP contribution >= 0.6 is 11.6 Å². The Morgan fingerprint density at radius 3 is 2.54 bits per heavy atom. The van der Waals surface area contributed by atoms with E-state index >= 15 is 0 Å². The Bertz CT molecular complexity index is 884. The van der Waals surface area contributed by atoms with Crippen molar-refractivity contribution in [3.05, 3.63) is 62.8 Å². The number of aryl methyl sites for hydroxylation is 1. The van der Waals surface area contributed by atoms with Gasteiger partial charge in [-0.25, -0.2) is 9.78 Å². The Morgan fingerprint density at radius 2 is 1.96 bits per heavy atom. The summed E-state index contributed by atoms with van der Waals surface area (Å²) in [4.78, 5) is 31.3. The van der Waals surface area contributed by atoms with E-state index in [0.29, 0.717) is 36.8 Å². The summed E-state index contributed by atoms with van der Waals surface area (Å²) >= 11 is 6.32. The number of nitrogens with zero attached hydrogens (tertiary/aromatic N) is 4. The number of rotatable bonds is 5. The maximum Gasteiger partial charge on any atom is 0.327 e. The zero-order chi connectivity index (χ0) is 20.3. The van der Waals surface area contributed by atoms with E-state index in [1.165, 1.54) is 19.4 Å². The molecule has 1 atom stereocenters. The van der Waals surface area contributed by atoms with E-state index in [9.17, 15) is 14.9 Å². The molecule has 9 heteroatoms. The third-order valence-corrected chi connectivity index (χ3v) is 5.19. The number of carbonyl (C=O) groups excluding carboxylic acids is 1. The van der Waals surface area contributed by atoms with Gasteiger partial charge in [-0.05, 0) is 24.1 Å². The van der Waals surface area contributed by atoms with Crippen molar-refractivity contribution in [2.75, 3.05) is 38.2 Å². The average Bonchev–Trinajstić information content (AvgIpc) is 2.70. The van der Waals surface area contributed by atoms with Crippen LogP contribution in [0, 0.1) is 17.0 Å². The number of halogens is 1. The normalized spacial score (nSPS) is 15.9. The number of benzene rings is 1. The zero-order valence-electron chi connectivity index (χ0n) is 15.7. The highest BCUT2D eigenvalue weighted by Gasteiger charge is 2.33. The molecule has 3 rings (SSSR count). The molecule has 1 fully saturated rings. The maximum absolute atomic E-state index is 12.5. The number of esters is 1. The lowest BCUT2D eigenvalue weighted by molar-refractivity contribution is -0.385. The summed E-state index contributed by atoms with van der Waals surface area (Å²) in [5.74, 6) is 0.365. The molecule has 0 N–H and O–H groups in total. The largest absolute Gasteiger partial charge is 0.468 e. The van der Waals surface area contributed by atoms with Gasteiger partial charge in [-0.2, -0.15) is 0 Å². The van der Waals surface area contributed by atoms with Crippen LogP contribution in [-0.4, -0.2) is 54.1 Å². The second-order valence-corrected chi connectivity index (χ2v) is 6.97. The van der Waals surface area contributed by atoms with E-state index in [4.69, 9.17) is 16.3 Å². The lowest BCUT2D eigenvalue weighted by atomic mass is 10.0. The van der Waals surface area contributed by atoms with Gasteiger partial charge >= 0.3 is 5.97 Å². The Kier molecular flexibility index (Phi) is 6.11. The van der Waals surface area contributed by atoms with Crippen LogP contribution in [0.5, 0.6) is 0 Å². The molecule has 2 heterocycles. The standard InChI is InChI=1S/C19H21ClN4O4/c1-13-11-14(24(26)27)12-21-18(13)23-9-7-22(8-10-23)17(19(25)28-2)15-5-3-4-6-16(15)20/h3-6,11-12,17H,7-10H2,1-2H3. The number of carbonyl (C=O) groups is 1. The molecule has 28 heavy (non-hydrogen) atoms. The predicted octanol–water partition coefficient (Wildman–Crippen LogP) is 2.99. The molecule has 1 aromatic carbocycles. The van der Waals surface area contributed by atoms with E-state index < -0.39 is 11.0 Å². The number of piperazine rings is 1. The lowest BCUT2D eigenvalue weighted by Crippen LogP contribution is -2.50. The van der Waals surface area contributed by atoms with Gasteiger partial charge in [-0.15, -0.1) is 0 Å². The Hall–Kier alpha value is -2.71. The molecule has 1 unspecified atom stereocenters. The highest BCUT2D eigenvalue weighted by Crippen LogP contribution is 2.30. The fourth-order valence-electron chi connectivity index (χ4n) is 3.46. The molecule has 1 aliphatic rings. The van der Waals surface area contributed by atoms with Gasteiger partial charge in [0.05, 0.1) is 12.0 Å². The first-order chi connectivity index (χ1) is 13.4. The third-order valence-electron chi connectivity index (χ3n) is 4.85. The van der Waals surface area contributed by atoms with Crippen molar-refractivity contribution in [1.29, 1.82) is 0 Å². The van der Waals surface area contributed by atoms with Crippen molar-refractivity contribution in [3.8, 4) is 0 Å². The molecular formula is C19H21ClN4O4. The van der Waals surface area contributed by atoms with Gasteiger partial charge in [-0.3, -0.25) is 15.0 Å². The van der Waals surface area contributed by atoms with Crippen molar-refractivity contribution in [3.63, 3.8) is 0 Å². The second kappa shape index (κ2) is 8.53. The number of nitro groups is 1. The summed E-state index contributed by atoms with van der Waals surface area (Å²) in [6, 6.07) is 8.20. The van der Waals surface area contributed by atoms with Crippen LogP contribution in [0.4, 0.5) is 11.5 Å². The number of hydrogen-bond donors (Lipinski definition) is 0. The summed E-state index contributed by atoms with van der Waals surface area (Å²) < 4.78 is 5.01. The van der Waals surface area contributed by atoms with E-state index in [2.05, 4.69) is 9.88 Å². The van der Waals surface area contributed by atoms with Crippen LogP contribution in [0.1, 0.15) is 17.2 Å². The summed E-state index contributed by atoms with van der Waals surface area (Å²) in [5.41, 5.74) is 1.44. The minimum Gasteiger partial charge on any atom is -0.468 e. The molecule has 0 aliphatic carbocycles. The smallest absolute Gasteiger partial charge is 0.327 e. The quantitative estimate of drug-likeness (QED) is 0.430. The maximum atomic E-state index is 12.5. The number of methoxy groups -OCH3 is 1. The molecule has 0 amide bonds. The number of hydrogen-bond acceptors (Lipinski definition) is 7. The number of anilines is 1. The highest BCUT2D eigenvalue weighted by molar-refractivity contribution is 6.31.